The van der Waals surface area contributed by atoms with E-state index < -0.39 is 10.0 Å². The number of sulfonamides is 1. The highest BCUT2D eigenvalue weighted by Crippen LogP contribution is 2.19. The molecule has 1 fully saturated rings. The third-order valence-corrected chi connectivity index (χ3v) is 5.89. The normalized spacial score (nSPS) is 22.1. The summed E-state index contributed by atoms with van der Waals surface area (Å²) in [6.45, 7) is 3.33. The van der Waals surface area contributed by atoms with Crippen molar-refractivity contribution >= 4 is 26.0 Å². The predicted molar refractivity (Wildman–Crippen MR) is 80.5 cm³/mol. The van der Waals surface area contributed by atoms with Gasteiger partial charge in [-0.25, -0.2) is 13.1 Å². The van der Waals surface area contributed by atoms with Crippen LogP contribution < -0.4 is 10.0 Å². The summed E-state index contributed by atoms with van der Waals surface area (Å²) < 4.78 is 28.3. The Morgan fingerprint density at radius 2 is 2.05 bits per heavy atom. The highest BCUT2D eigenvalue weighted by Gasteiger charge is 2.28. The van der Waals surface area contributed by atoms with Gasteiger partial charge in [-0.3, -0.25) is 0 Å². The van der Waals surface area contributed by atoms with Crippen molar-refractivity contribution in [3.05, 3.63) is 34.3 Å². The average Bonchev–Trinajstić information content (AvgIpc) is 2.40. The van der Waals surface area contributed by atoms with Crippen LogP contribution in [0.3, 0.4) is 0 Å². The van der Waals surface area contributed by atoms with E-state index in [1.807, 2.05) is 31.2 Å². The van der Waals surface area contributed by atoms with Gasteiger partial charge in [-0.1, -0.05) is 28.1 Å². The van der Waals surface area contributed by atoms with Gasteiger partial charge in [-0.2, -0.15) is 0 Å². The lowest BCUT2D eigenvalue weighted by Gasteiger charge is -2.25. The topological polar surface area (TPSA) is 58.2 Å². The lowest BCUT2D eigenvalue weighted by atomic mass is 10.1. The summed E-state index contributed by atoms with van der Waals surface area (Å²) in [5.74, 6) is 0. The van der Waals surface area contributed by atoms with Gasteiger partial charge in [0.1, 0.15) is 0 Å². The van der Waals surface area contributed by atoms with E-state index in [-0.39, 0.29) is 11.3 Å². The fourth-order valence-electron chi connectivity index (χ4n) is 2.25. The summed E-state index contributed by atoms with van der Waals surface area (Å²) in [5.41, 5.74) is 0.968. The summed E-state index contributed by atoms with van der Waals surface area (Å²) in [7, 11) is -3.27. The van der Waals surface area contributed by atoms with Gasteiger partial charge in [0.2, 0.25) is 10.0 Å². The third-order valence-electron chi connectivity index (χ3n) is 3.40. The number of piperidine rings is 1. The Bertz CT molecular complexity index is 510. The molecule has 2 N–H and O–H groups in total. The van der Waals surface area contributed by atoms with Gasteiger partial charge in [0.25, 0.3) is 0 Å². The van der Waals surface area contributed by atoms with Crippen LogP contribution in [0.25, 0.3) is 0 Å². The average molecular weight is 347 g/mol. The maximum atomic E-state index is 12.3. The molecule has 1 aliphatic rings. The molecule has 0 saturated carbocycles. The number of hydrogen-bond donors (Lipinski definition) is 2. The molecule has 2 unspecified atom stereocenters. The number of rotatable bonds is 4. The van der Waals surface area contributed by atoms with E-state index in [1.54, 1.807) is 0 Å². The summed E-state index contributed by atoms with van der Waals surface area (Å²) >= 11 is 3.37. The van der Waals surface area contributed by atoms with Crippen LogP contribution in [0.4, 0.5) is 0 Å². The second-order valence-electron chi connectivity index (χ2n) is 4.90. The molecule has 1 aliphatic heterocycles. The third kappa shape index (κ3) is 4.02. The fourth-order valence-corrected chi connectivity index (χ4v) is 4.15. The largest absolute Gasteiger partial charge is 0.315 e. The maximum Gasteiger partial charge on any atom is 0.216 e. The summed E-state index contributed by atoms with van der Waals surface area (Å²) in [4.78, 5) is 0. The van der Waals surface area contributed by atoms with Gasteiger partial charge < -0.3 is 5.32 Å². The van der Waals surface area contributed by atoms with Crippen molar-refractivity contribution in [1.29, 1.82) is 0 Å². The Balaban J connectivity index is 2.04. The van der Waals surface area contributed by atoms with Crippen LogP contribution >= 0.6 is 15.9 Å². The van der Waals surface area contributed by atoms with Crippen molar-refractivity contribution in [2.75, 3.05) is 13.1 Å². The zero-order valence-corrected chi connectivity index (χ0v) is 13.3. The molecule has 1 saturated heterocycles. The van der Waals surface area contributed by atoms with Crippen LogP contribution in [0.1, 0.15) is 31.4 Å². The molecule has 0 aliphatic carbocycles. The number of halogens is 1. The Labute approximate surface area is 123 Å². The minimum absolute atomic E-state index is 0.208. The number of benzene rings is 1. The smallest absolute Gasteiger partial charge is 0.216 e. The standard InChI is InChI=1S/C13H19BrN2O2S/c1-10(11-4-6-12(14)7-5-11)16-19(17,18)13-3-2-8-15-9-13/h4-7,10,13,15-16H,2-3,8-9H2,1H3. The van der Waals surface area contributed by atoms with Crippen molar-refractivity contribution in [1.82, 2.24) is 10.0 Å². The van der Waals surface area contributed by atoms with Gasteiger partial charge in [0.15, 0.2) is 0 Å². The van der Waals surface area contributed by atoms with Crippen LogP contribution in [0.2, 0.25) is 0 Å². The van der Waals surface area contributed by atoms with Crippen LogP contribution in [0, 0.1) is 0 Å². The molecule has 0 spiro atoms. The molecule has 0 amide bonds. The first-order valence-corrected chi connectivity index (χ1v) is 8.80. The molecule has 1 aromatic rings. The zero-order chi connectivity index (χ0) is 13.9. The van der Waals surface area contributed by atoms with Gasteiger partial charge >= 0.3 is 0 Å². The Morgan fingerprint density at radius 3 is 2.63 bits per heavy atom. The van der Waals surface area contributed by atoms with E-state index in [0.29, 0.717) is 6.54 Å². The van der Waals surface area contributed by atoms with Crippen LogP contribution in [-0.2, 0) is 10.0 Å². The highest BCUT2D eigenvalue weighted by atomic mass is 79.9. The molecule has 19 heavy (non-hydrogen) atoms. The van der Waals surface area contributed by atoms with Gasteiger partial charge in [-0.05, 0) is 44.0 Å². The monoisotopic (exact) mass is 346 g/mol. The highest BCUT2D eigenvalue weighted by molar-refractivity contribution is 9.10. The molecular weight excluding hydrogens is 328 g/mol. The van der Waals surface area contributed by atoms with Crippen LogP contribution in [-0.4, -0.2) is 26.8 Å². The van der Waals surface area contributed by atoms with E-state index in [4.69, 9.17) is 0 Å². The number of hydrogen-bond acceptors (Lipinski definition) is 3. The maximum absolute atomic E-state index is 12.3. The zero-order valence-electron chi connectivity index (χ0n) is 10.9. The predicted octanol–water partition coefficient (Wildman–Crippen LogP) is 2.18. The Hall–Kier alpha value is -0.430. The molecule has 106 valence electrons. The summed E-state index contributed by atoms with van der Waals surface area (Å²) in [5, 5.41) is 2.82. The minimum atomic E-state index is -3.27. The van der Waals surface area contributed by atoms with E-state index in [9.17, 15) is 8.42 Å². The second-order valence-corrected chi connectivity index (χ2v) is 7.81. The molecule has 2 atom stereocenters. The lowest BCUT2D eigenvalue weighted by Crippen LogP contribution is -2.44. The molecular formula is C13H19BrN2O2S. The minimum Gasteiger partial charge on any atom is -0.315 e. The fraction of sp³-hybridized carbons (Fsp3) is 0.538. The first-order valence-electron chi connectivity index (χ1n) is 6.46. The quantitative estimate of drug-likeness (QED) is 0.878. The van der Waals surface area contributed by atoms with Crippen molar-refractivity contribution in [2.24, 2.45) is 0 Å². The first kappa shape index (κ1) is 15.0. The van der Waals surface area contributed by atoms with E-state index >= 15 is 0 Å². The second kappa shape index (κ2) is 6.35. The van der Waals surface area contributed by atoms with Crippen molar-refractivity contribution in [3.63, 3.8) is 0 Å². The van der Waals surface area contributed by atoms with Gasteiger partial charge in [0, 0.05) is 17.1 Å². The van der Waals surface area contributed by atoms with Crippen LogP contribution in [0.15, 0.2) is 28.7 Å². The first-order chi connectivity index (χ1) is 8.99. The molecule has 0 radical (unpaired) electrons. The number of nitrogens with one attached hydrogen (secondary N) is 2. The lowest BCUT2D eigenvalue weighted by molar-refractivity contribution is 0.485. The van der Waals surface area contributed by atoms with Crippen LogP contribution in [0.5, 0.6) is 0 Å². The van der Waals surface area contributed by atoms with Crippen molar-refractivity contribution in [2.45, 2.75) is 31.1 Å². The molecule has 4 nitrogen and oxygen atoms in total. The Morgan fingerprint density at radius 1 is 1.37 bits per heavy atom. The Kier molecular flexibility index (Phi) is 5.00. The van der Waals surface area contributed by atoms with Crippen molar-refractivity contribution in [3.8, 4) is 0 Å². The van der Waals surface area contributed by atoms with Gasteiger partial charge in [-0.15, -0.1) is 0 Å². The summed E-state index contributed by atoms with van der Waals surface area (Å²) in [6.07, 6.45) is 1.65. The summed E-state index contributed by atoms with van der Waals surface area (Å²) in [6, 6.07) is 7.48. The molecule has 2 rings (SSSR count). The molecule has 1 heterocycles. The molecule has 1 aromatic carbocycles. The SMILES string of the molecule is CC(NS(=O)(=O)C1CCCNC1)c1ccc(Br)cc1. The molecule has 0 aromatic heterocycles. The molecule has 6 heteroatoms. The van der Waals surface area contributed by atoms with E-state index in [2.05, 4.69) is 26.0 Å². The molecule has 0 bridgehead atoms. The van der Waals surface area contributed by atoms with E-state index in [0.717, 1.165) is 29.4 Å². The van der Waals surface area contributed by atoms with E-state index in [1.165, 1.54) is 0 Å². The van der Waals surface area contributed by atoms with Gasteiger partial charge in [0.05, 0.1) is 5.25 Å². The van der Waals surface area contributed by atoms with Crippen molar-refractivity contribution < 1.29 is 8.42 Å².